The lowest BCUT2D eigenvalue weighted by Gasteiger charge is -2.39. The summed E-state index contributed by atoms with van der Waals surface area (Å²) in [6.45, 7) is 3.21. The van der Waals surface area contributed by atoms with Crippen LogP contribution in [0.4, 0.5) is 0 Å². The average Bonchev–Trinajstić information content (AvgIpc) is 3.25. The molecule has 4 N–H and O–H groups in total. The lowest BCUT2D eigenvalue weighted by atomic mass is 9.99. The molecule has 0 aromatic carbocycles. The van der Waals surface area contributed by atoms with Gasteiger partial charge in [0.15, 0.2) is 12.4 Å². The highest BCUT2D eigenvalue weighted by Crippen LogP contribution is 2.22. The molecule has 0 spiro atoms. The number of allylic oxidation sites excluding steroid dienone is 14. The van der Waals surface area contributed by atoms with E-state index in [1.807, 2.05) is 6.08 Å². The zero-order valence-corrected chi connectivity index (χ0v) is 37.2. The van der Waals surface area contributed by atoms with E-state index in [-0.39, 0.29) is 26.1 Å². The van der Waals surface area contributed by atoms with Gasteiger partial charge >= 0.3 is 11.9 Å². The number of rotatable bonds is 37. The molecule has 342 valence electrons. The Kier molecular flexibility index (Phi) is 36.6. The number of hydrogen-bond acceptors (Lipinski definition) is 10. The lowest BCUT2D eigenvalue weighted by Crippen LogP contribution is -2.59. The summed E-state index contributed by atoms with van der Waals surface area (Å²) >= 11 is 0. The molecular formula is C50H82O10. The third-order valence-corrected chi connectivity index (χ3v) is 10.0. The normalized spacial score (nSPS) is 20.7. The minimum Gasteiger partial charge on any atom is -0.462 e. The molecule has 6 unspecified atom stereocenters. The average molecular weight is 843 g/mol. The number of esters is 2. The van der Waals surface area contributed by atoms with Crippen LogP contribution in [0.2, 0.25) is 0 Å². The van der Waals surface area contributed by atoms with Gasteiger partial charge in [0, 0.05) is 12.8 Å². The van der Waals surface area contributed by atoms with Gasteiger partial charge in [0.25, 0.3) is 0 Å². The van der Waals surface area contributed by atoms with Crippen LogP contribution in [0.3, 0.4) is 0 Å². The first kappa shape index (κ1) is 54.9. The van der Waals surface area contributed by atoms with Crippen molar-refractivity contribution >= 4 is 11.9 Å². The van der Waals surface area contributed by atoms with Crippen LogP contribution in [0, 0.1) is 0 Å². The maximum absolute atomic E-state index is 12.8. The van der Waals surface area contributed by atoms with Gasteiger partial charge in [-0.3, -0.25) is 9.59 Å². The first-order valence-electron chi connectivity index (χ1n) is 23.2. The Bertz CT molecular complexity index is 1250. The summed E-state index contributed by atoms with van der Waals surface area (Å²) in [7, 11) is 0. The summed E-state index contributed by atoms with van der Waals surface area (Å²) in [5.41, 5.74) is 0. The zero-order chi connectivity index (χ0) is 43.7. The van der Waals surface area contributed by atoms with Gasteiger partial charge in [-0.05, 0) is 83.5 Å². The fourth-order valence-corrected chi connectivity index (χ4v) is 6.37. The monoisotopic (exact) mass is 843 g/mol. The van der Waals surface area contributed by atoms with E-state index < -0.39 is 55.4 Å². The van der Waals surface area contributed by atoms with E-state index in [9.17, 15) is 30.0 Å². The van der Waals surface area contributed by atoms with Crippen LogP contribution in [-0.2, 0) is 28.5 Å². The minimum atomic E-state index is -1.61. The van der Waals surface area contributed by atoms with Gasteiger partial charge in [-0.25, -0.2) is 0 Å². The number of unbranched alkanes of at least 4 members (excludes halogenated alkanes) is 12. The first-order valence-corrected chi connectivity index (χ1v) is 23.2. The Morgan fingerprint density at radius 2 is 1.00 bits per heavy atom. The minimum absolute atomic E-state index is 0.145. The Labute approximate surface area is 363 Å². The highest BCUT2D eigenvalue weighted by molar-refractivity contribution is 5.70. The number of carbonyl (C=O) groups excluding carboxylic acids is 2. The second kappa shape index (κ2) is 40.0. The fourth-order valence-electron chi connectivity index (χ4n) is 6.37. The summed E-state index contributed by atoms with van der Waals surface area (Å²) < 4.78 is 22.1. The van der Waals surface area contributed by atoms with Crippen molar-refractivity contribution in [2.45, 2.75) is 198 Å². The van der Waals surface area contributed by atoms with Crippen molar-refractivity contribution < 1.29 is 49.0 Å². The van der Waals surface area contributed by atoms with E-state index in [4.69, 9.17) is 18.9 Å². The molecule has 10 heteroatoms. The molecule has 0 radical (unpaired) electrons. The van der Waals surface area contributed by atoms with Crippen LogP contribution in [0.25, 0.3) is 0 Å². The molecule has 1 fully saturated rings. The molecule has 0 aromatic rings. The molecular weight excluding hydrogens is 761 g/mol. The van der Waals surface area contributed by atoms with Crippen LogP contribution in [0.1, 0.15) is 162 Å². The molecule has 10 nitrogen and oxygen atoms in total. The van der Waals surface area contributed by atoms with Crippen LogP contribution in [0.15, 0.2) is 85.1 Å². The summed E-state index contributed by atoms with van der Waals surface area (Å²) in [4.78, 5) is 25.3. The molecule has 1 heterocycles. The first-order chi connectivity index (χ1) is 29.3. The van der Waals surface area contributed by atoms with Crippen LogP contribution in [-0.4, -0.2) is 89.0 Å². The molecule has 0 bridgehead atoms. The van der Waals surface area contributed by atoms with Crippen LogP contribution in [0.5, 0.6) is 0 Å². The predicted octanol–water partition coefficient (Wildman–Crippen LogP) is 10.2. The molecule has 1 rings (SSSR count). The van der Waals surface area contributed by atoms with Crippen molar-refractivity contribution in [1.29, 1.82) is 0 Å². The van der Waals surface area contributed by atoms with Gasteiger partial charge in [-0.15, -0.1) is 0 Å². The number of carbonyl (C=O) groups is 2. The fraction of sp³-hybridized carbons (Fsp3) is 0.680. The zero-order valence-electron chi connectivity index (χ0n) is 37.2. The molecule has 0 aromatic heterocycles. The predicted molar refractivity (Wildman–Crippen MR) is 242 cm³/mol. The maximum atomic E-state index is 12.8. The van der Waals surface area contributed by atoms with Crippen LogP contribution >= 0.6 is 0 Å². The summed E-state index contributed by atoms with van der Waals surface area (Å²) in [5, 5.41) is 40.1. The van der Waals surface area contributed by atoms with Gasteiger partial charge in [0.05, 0.1) is 13.2 Å². The summed E-state index contributed by atoms with van der Waals surface area (Å²) in [6.07, 6.45) is 44.5. The van der Waals surface area contributed by atoms with Gasteiger partial charge < -0.3 is 39.4 Å². The third-order valence-electron chi connectivity index (χ3n) is 10.0. The summed E-state index contributed by atoms with van der Waals surface area (Å²) in [6, 6.07) is 0. The number of aliphatic hydroxyl groups excluding tert-OH is 4. The Morgan fingerprint density at radius 1 is 0.533 bits per heavy atom. The highest BCUT2D eigenvalue weighted by atomic mass is 16.7. The van der Waals surface area contributed by atoms with Crippen molar-refractivity contribution in [2.24, 2.45) is 0 Å². The Balaban J connectivity index is 2.37. The van der Waals surface area contributed by atoms with E-state index in [0.29, 0.717) is 19.3 Å². The topological polar surface area (TPSA) is 152 Å². The van der Waals surface area contributed by atoms with Crippen molar-refractivity contribution in [3.8, 4) is 0 Å². The van der Waals surface area contributed by atoms with Crippen molar-refractivity contribution in [1.82, 2.24) is 0 Å². The molecule has 0 saturated carbocycles. The van der Waals surface area contributed by atoms with Crippen molar-refractivity contribution in [3.63, 3.8) is 0 Å². The van der Waals surface area contributed by atoms with Gasteiger partial charge in [-0.1, -0.05) is 150 Å². The number of ether oxygens (including phenoxy) is 4. The van der Waals surface area contributed by atoms with Gasteiger partial charge in [0.1, 0.15) is 31.0 Å². The second-order valence-electron chi connectivity index (χ2n) is 15.5. The maximum Gasteiger partial charge on any atom is 0.306 e. The Hall–Kier alpha value is -3.12. The van der Waals surface area contributed by atoms with E-state index in [0.717, 1.165) is 64.2 Å². The molecule has 6 atom stereocenters. The molecule has 1 aliphatic heterocycles. The second-order valence-corrected chi connectivity index (χ2v) is 15.5. The summed E-state index contributed by atoms with van der Waals surface area (Å²) in [5.74, 6) is -0.891. The third kappa shape index (κ3) is 30.8. The lowest BCUT2D eigenvalue weighted by molar-refractivity contribution is -0.305. The molecule has 1 aliphatic rings. The van der Waals surface area contributed by atoms with E-state index in [1.165, 1.54) is 51.4 Å². The van der Waals surface area contributed by atoms with Gasteiger partial charge in [-0.2, -0.15) is 0 Å². The molecule has 60 heavy (non-hydrogen) atoms. The molecule has 0 amide bonds. The largest absolute Gasteiger partial charge is 0.462 e. The quantitative estimate of drug-likeness (QED) is 0.0270. The van der Waals surface area contributed by atoms with E-state index >= 15 is 0 Å². The van der Waals surface area contributed by atoms with E-state index in [2.05, 4.69) is 92.8 Å². The number of hydrogen-bond donors (Lipinski definition) is 4. The number of aliphatic hydroxyl groups is 4. The standard InChI is InChI=1S/C50H82O10/c1-3-5-7-9-11-13-15-17-19-21-23-24-26-28-30-32-34-36-38-45(52)57-41-43(42-58-50-49(56)48(55)47(54)44(40-51)60-50)59-46(53)39-37-35-33-31-29-27-25-22-20-18-16-14-12-10-8-6-4-2/h6,8,12-15,18-21,25,27,31,33,43-44,47-51,54-56H,3-5,7,9-11,16-17,22-24,26,28-30,32,34-42H2,1-2H3/b8-6-,14-12-,15-13-,20-18-,21-19-,27-25-,33-31-. The SMILES string of the molecule is CC/C=C\C/C=C\C/C=C\C/C=C\C/C=C\CCCC(=O)OC(COC(=O)CCCCCCCCC/C=C\C/C=C\CCCCCC)COC1OC(CO)C(O)C(O)C1O. The van der Waals surface area contributed by atoms with Crippen molar-refractivity contribution in [2.75, 3.05) is 19.8 Å². The van der Waals surface area contributed by atoms with Crippen molar-refractivity contribution in [3.05, 3.63) is 85.1 Å². The highest BCUT2D eigenvalue weighted by Gasteiger charge is 2.44. The molecule has 1 saturated heterocycles. The smallest absolute Gasteiger partial charge is 0.306 e. The molecule has 0 aliphatic carbocycles. The van der Waals surface area contributed by atoms with E-state index in [1.54, 1.807) is 0 Å². The van der Waals surface area contributed by atoms with Crippen LogP contribution < -0.4 is 0 Å². The van der Waals surface area contributed by atoms with Gasteiger partial charge in [0.2, 0.25) is 0 Å². The Morgan fingerprint density at radius 3 is 1.53 bits per heavy atom.